The van der Waals surface area contributed by atoms with Gasteiger partial charge in [-0.15, -0.1) is 0 Å². The standard InChI is InChI=1S/C16H15BrF2N2O3S/c1-2-21(25(23,24)13-6-3-11(17)4-7-13)10-16(22)20-12-5-8-14(18)15(19)9-12/h3-9H,2,10H2,1H3,(H,20,22). The molecule has 0 aromatic heterocycles. The summed E-state index contributed by atoms with van der Waals surface area (Å²) in [5.74, 6) is -2.80. The van der Waals surface area contributed by atoms with Crippen molar-refractivity contribution in [2.24, 2.45) is 0 Å². The highest BCUT2D eigenvalue weighted by Gasteiger charge is 2.25. The molecular formula is C16H15BrF2N2O3S. The number of likely N-dealkylation sites (N-methyl/N-ethyl adjacent to an activating group) is 1. The van der Waals surface area contributed by atoms with E-state index in [9.17, 15) is 22.0 Å². The Balaban J connectivity index is 2.13. The van der Waals surface area contributed by atoms with Gasteiger partial charge in [-0.25, -0.2) is 17.2 Å². The van der Waals surface area contributed by atoms with E-state index in [-0.39, 0.29) is 17.1 Å². The van der Waals surface area contributed by atoms with Crippen LogP contribution in [0.25, 0.3) is 0 Å². The minimum absolute atomic E-state index is 0.0426. The van der Waals surface area contributed by atoms with Crippen molar-refractivity contribution in [3.8, 4) is 0 Å². The number of nitrogens with zero attached hydrogens (tertiary/aromatic N) is 1. The van der Waals surface area contributed by atoms with Crippen molar-refractivity contribution in [2.75, 3.05) is 18.4 Å². The first kappa shape index (κ1) is 19.5. The minimum Gasteiger partial charge on any atom is -0.325 e. The fourth-order valence-electron chi connectivity index (χ4n) is 2.06. The van der Waals surface area contributed by atoms with Crippen LogP contribution < -0.4 is 5.32 Å². The summed E-state index contributed by atoms with van der Waals surface area (Å²) in [6.07, 6.45) is 0. The molecular weight excluding hydrogens is 418 g/mol. The second-order valence-corrected chi connectivity index (χ2v) is 7.92. The Kier molecular flexibility index (Phi) is 6.26. The van der Waals surface area contributed by atoms with Crippen LogP contribution in [0.15, 0.2) is 51.8 Å². The van der Waals surface area contributed by atoms with Crippen LogP contribution in [-0.4, -0.2) is 31.7 Å². The van der Waals surface area contributed by atoms with Gasteiger partial charge in [-0.3, -0.25) is 4.79 Å². The Bertz CT molecular complexity index is 873. The third-order valence-electron chi connectivity index (χ3n) is 3.33. The van der Waals surface area contributed by atoms with Gasteiger partial charge in [0.1, 0.15) is 0 Å². The number of carbonyl (C=O) groups excluding carboxylic acids is 1. The molecule has 134 valence electrons. The van der Waals surface area contributed by atoms with Crippen LogP contribution in [0.3, 0.4) is 0 Å². The number of rotatable bonds is 6. The number of amides is 1. The van der Waals surface area contributed by atoms with Crippen molar-refractivity contribution >= 4 is 37.5 Å². The fraction of sp³-hybridized carbons (Fsp3) is 0.188. The molecule has 0 aliphatic heterocycles. The largest absolute Gasteiger partial charge is 0.325 e. The third kappa shape index (κ3) is 4.83. The van der Waals surface area contributed by atoms with E-state index in [0.29, 0.717) is 0 Å². The van der Waals surface area contributed by atoms with Crippen LogP contribution >= 0.6 is 15.9 Å². The molecule has 2 aromatic rings. The quantitative estimate of drug-likeness (QED) is 0.760. The Morgan fingerprint density at radius 3 is 2.32 bits per heavy atom. The molecule has 0 heterocycles. The average Bonchev–Trinajstić information content (AvgIpc) is 2.56. The summed E-state index contributed by atoms with van der Waals surface area (Å²) in [5, 5.41) is 2.35. The van der Waals surface area contributed by atoms with Gasteiger partial charge in [-0.2, -0.15) is 4.31 Å². The van der Waals surface area contributed by atoms with Gasteiger partial charge in [0.25, 0.3) is 0 Å². The maximum Gasteiger partial charge on any atom is 0.243 e. The number of hydrogen-bond donors (Lipinski definition) is 1. The summed E-state index contributed by atoms with van der Waals surface area (Å²) in [6.45, 7) is 1.22. The lowest BCUT2D eigenvalue weighted by Gasteiger charge is -2.20. The topological polar surface area (TPSA) is 66.5 Å². The summed E-state index contributed by atoms with van der Waals surface area (Å²) in [5.41, 5.74) is 0.0426. The SMILES string of the molecule is CCN(CC(=O)Nc1ccc(F)c(F)c1)S(=O)(=O)c1ccc(Br)cc1. The normalized spacial score (nSPS) is 11.6. The molecule has 25 heavy (non-hydrogen) atoms. The maximum absolute atomic E-state index is 13.2. The van der Waals surface area contributed by atoms with Crippen LogP contribution in [-0.2, 0) is 14.8 Å². The van der Waals surface area contributed by atoms with E-state index < -0.39 is 34.1 Å². The Labute approximate surface area is 152 Å². The molecule has 1 N–H and O–H groups in total. The van der Waals surface area contributed by atoms with Gasteiger partial charge < -0.3 is 5.32 Å². The zero-order chi connectivity index (χ0) is 18.6. The van der Waals surface area contributed by atoms with Gasteiger partial charge in [0, 0.05) is 22.8 Å². The predicted octanol–water partition coefficient (Wildman–Crippen LogP) is 3.38. The van der Waals surface area contributed by atoms with Crippen LogP contribution in [0.2, 0.25) is 0 Å². The Morgan fingerprint density at radius 2 is 1.76 bits per heavy atom. The van der Waals surface area contributed by atoms with Crippen LogP contribution in [0.4, 0.5) is 14.5 Å². The van der Waals surface area contributed by atoms with Crippen molar-refractivity contribution in [1.82, 2.24) is 4.31 Å². The Hall–Kier alpha value is -1.84. The summed E-state index contributed by atoms with van der Waals surface area (Å²) < 4.78 is 52.9. The maximum atomic E-state index is 13.2. The zero-order valence-electron chi connectivity index (χ0n) is 13.2. The summed E-state index contributed by atoms with van der Waals surface area (Å²) >= 11 is 3.22. The highest BCUT2D eigenvalue weighted by Crippen LogP contribution is 2.19. The van der Waals surface area contributed by atoms with E-state index in [2.05, 4.69) is 21.2 Å². The van der Waals surface area contributed by atoms with Gasteiger partial charge in [0.2, 0.25) is 15.9 Å². The molecule has 0 bridgehead atoms. The molecule has 0 saturated heterocycles. The lowest BCUT2D eigenvalue weighted by Crippen LogP contribution is -2.37. The van der Waals surface area contributed by atoms with Crippen molar-refractivity contribution < 1.29 is 22.0 Å². The molecule has 9 heteroatoms. The van der Waals surface area contributed by atoms with Gasteiger partial charge in [0.15, 0.2) is 11.6 Å². The van der Waals surface area contributed by atoms with E-state index in [1.54, 1.807) is 19.1 Å². The Morgan fingerprint density at radius 1 is 1.12 bits per heavy atom. The third-order valence-corrected chi connectivity index (χ3v) is 5.79. The first-order chi connectivity index (χ1) is 11.7. The van der Waals surface area contributed by atoms with Crippen LogP contribution in [0, 0.1) is 11.6 Å². The van der Waals surface area contributed by atoms with E-state index in [0.717, 1.165) is 20.9 Å². The smallest absolute Gasteiger partial charge is 0.243 e. The summed E-state index contributed by atoms with van der Waals surface area (Å²) in [7, 11) is -3.85. The molecule has 0 aliphatic carbocycles. The number of sulfonamides is 1. The van der Waals surface area contributed by atoms with Crippen molar-refractivity contribution in [3.05, 3.63) is 58.6 Å². The number of anilines is 1. The molecule has 0 radical (unpaired) electrons. The molecule has 0 unspecified atom stereocenters. The zero-order valence-corrected chi connectivity index (χ0v) is 15.6. The molecule has 0 aliphatic rings. The van der Waals surface area contributed by atoms with Gasteiger partial charge in [0.05, 0.1) is 11.4 Å². The lowest BCUT2D eigenvalue weighted by atomic mass is 10.3. The number of halogens is 3. The second-order valence-electron chi connectivity index (χ2n) is 5.06. The number of nitrogens with one attached hydrogen (secondary N) is 1. The van der Waals surface area contributed by atoms with Gasteiger partial charge in [-0.05, 0) is 36.4 Å². The molecule has 2 rings (SSSR count). The minimum atomic E-state index is -3.85. The van der Waals surface area contributed by atoms with E-state index in [1.807, 2.05) is 0 Å². The summed E-state index contributed by atoms with van der Waals surface area (Å²) in [4.78, 5) is 12.1. The first-order valence-corrected chi connectivity index (χ1v) is 9.48. The van der Waals surface area contributed by atoms with Crippen molar-refractivity contribution in [3.63, 3.8) is 0 Å². The number of hydrogen-bond acceptors (Lipinski definition) is 3. The van der Waals surface area contributed by atoms with Crippen molar-refractivity contribution in [2.45, 2.75) is 11.8 Å². The number of benzene rings is 2. The molecule has 0 fully saturated rings. The molecule has 1 amide bonds. The molecule has 2 aromatic carbocycles. The molecule has 0 saturated carbocycles. The van der Waals surface area contributed by atoms with Gasteiger partial charge in [-0.1, -0.05) is 22.9 Å². The highest BCUT2D eigenvalue weighted by atomic mass is 79.9. The predicted molar refractivity (Wildman–Crippen MR) is 93.6 cm³/mol. The monoisotopic (exact) mass is 432 g/mol. The van der Waals surface area contributed by atoms with Crippen LogP contribution in [0.1, 0.15) is 6.92 Å². The highest BCUT2D eigenvalue weighted by molar-refractivity contribution is 9.10. The fourth-order valence-corrected chi connectivity index (χ4v) is 3.73. The van der Waals surface area contributed by atoms with E-state index in [1.165, 1.54) is 18.2 Å². The molecule has 5 nitrogen and oxygen atoms in total. The first-order valence-electron chi connectivity index (χ1n) is 7.24. The van der Waals surface area contributed by atoms with E-state index >= 15 is 0 Å². The lowest BCUT2D eigenvalue weighted by molar-refractivity contribution is -0.116. The van der Waals surface area contributed by atoms with Crippen LogP contribution in [0.5, 0.6) is 0 Å². The second kappa shape index (κ2) is 8.03. The van der Waals surface area contributed by atoms with Crippen molar-refractivity contribution in [1.29, 1.82) is 0 Å². The molecule has 0 spiro atoms. The summed E-state index contributed by atoms with van der Waals surface area (Å²) in [6, 6.07) is 8.92. The average molecular weight is 433 g/mol. The molecule has 0 atom stereocenters. The van der Waals surface area contributed by atoms with Gasteiger partial charge >= 0.3 is 0 Å². The van der Waals surface area contributed by atoms with E-state index in [4.69, 9.17) is 0 Å². The number of carbonyl (C=O) groups is 1.